The first kappa shape index (κ1) is 24.5. The SMILES string of the molecule is CC(c1ccc(-c2ccc(SN3CCOCC3)cc2)cc1)N1CCc2ccccc2C1.NC=O. The van der Waals surface area contributed by atoms with Crippen molar-refractivity contribution < 1.29 is 9.53 Å². The van der Waals surface area contributed by atoms with Crippen molar-refractivity contribution in [2.45, 2.75) is 30.8 Å². The largest absolute Gasteiger partial charge is 0.379 e. The van der Waals surface area contributed by atoms with Crippen LogP contribution >= 0.6 is 11.9 Å². The van der Waals surface area contributed by atoms with Gasteiger partial charge in [0.25, 0.3) is 0 Å². The zero-order valence-electron chi connectivity index (χ0n) is 19.7. The summed E-state index contributed by atoms with van der Waals surface area (Å²) < 4.78 is 7.82. The van der Waals surface area contributed by atoms with Gasteiger partial charge < -0.3 is 10.5 Å². The van der Waals surface area contributed by atoms with Crippen LogP contribution in [0, 0.1) is 0 Å². The summed E-state index contributed by atoms with van der Waals surface area (Å²) >= 11 is 1.83. The highest BCUT2D eigenvalue weighted by Crippen LogP contribution is 2.30. The molecule has 0 saturated carbocycles. The molecule has 5 rings (SSSR count). The van der Waals surface area contributed by atoms with Crippen molar-refractivity contribution in [2.75, 3.05) is 32.8 Å². The maximum absolute atomic E-state index is 8.58. The Balaban J connectivity index is 0.000000868. The van der Waals surface area contributed by atoms with Crippen molar-refractivity contribution in [1.82, 2.24) is 9.21 Å². The molecule has 1 atom stereocenters. The average Bonchev–Trinajstić information content (AvgIpc) is 2.90. The van der Waals surface area contributed by atoms with Crippen LogP contribution in [0.1, 0.15) is 29.7 Å². The number of ether oxygens (including phenoxy) is 1. The standard InChI is InChI=1S/C27H30N2OS.CH3NO/c1-21(28-15-14-23-4-2-3-5-26(23)20-28)22-6-8-24(9-7-22)25-10-12-27(13-11-25)31-29-16-18-30-19-17-29;2-1-3/h2-13,21H,14-20H2,1H3;1H,(H2,2,3). The molecule has 3 aromatic carbocycles. The highest BCUT2D eigenvalue weighted by molar-refractivity contribution is 7.97. The Morgan fingerprint density at radius 2 is 1.47 bits per heavy atom. The van der Waals surface area contributed by atoms with Gasteiger partial charge in [-0.1, -0.05) is 60.7 Å². The van der Waals surface area contributed by atoms with E-state index in [9.17, 15) is 0 Å². The molecule has 0 aromatic heterocycles. The number of fused-ring (bicyclic) bond motifs is 1. The molecule has 3 aromatic rings. The number of nitrogens with two attached hydrogens (primary N) is 1. The van der Waals surface area contributed by atoms with Crippen molar-refractivity contribution >= 4 is 18.4 Å². The lowest BCUT2D eigenvalue weighted by molar-refractivity contribution is -0.106. The fourth-order valence-electron chi connectivity index (χ4n) is 4.51. The molecule has 178 valence electrons. The van der Waals surface area contributed by atoms with Crippen molar-refractivity contribution in [2.24, 2.45) is 5.73 Å². The topological polar surface area (TPSA) is 58.8 Å². The fourth-order valence-corrected chi connectivity index (χ4v) is 5.40. The molecule has 1 unspecified atom stereocenters. The zero-order valence-corrected chi connectivity index (χ0v) is 20.5. The fraction of sp³-hybridized carbons (Fsp3) is 0.321. The molecule has 1 saturated heterocycles. The number of carbonyl (C=O) groups excluding carboxylic acids is 1. The van der Waals surface area contributed by atoms with E-state index in [0.717, 1.165) is 45.8 Å². The van der Waals surface area contributed by atoms with Gasteiger partial charge in [-0.2, -0.15) is 0 Å². The number of amides is 1. The number of carbonyl (C=O) groups is 1. The molecule has 0 aliphatic carbocycles. The van der Waals surface area contributed by atoms with E-state index in [1.165, 1.54) is 32.7 Å². The van der Waals surface area contributed by atoms with Crippen LogP contribution in [0.25, 0.3) is 11.1 Å². The van der Waals surface area contributed by atoms with E-state index in [-0.39, 0.29) is 6.41 Å². The molecule has 2 aliphatic rings. The molecule has 2 N–H and O–H groups in total. The second-order valence-corrected chi connectivity index (χ2v) is 9.75. The smallest absolute Gasteiger partial charge is 0.204 e. The molecule has 6 heteroatoms. The molecule has 2 aliphatic heterocycles. The van der Waals surface area contributed by atoms with Crippen LogP contribution in [0.5, 0.6) is 0 Å². The van der Waals surface area contributed by atoms with Gasteiger partial charge in [0.15, 0.2) is 0 Å². The summed E-state index contributed by atoms with van der Waals surface area (Å²) in [6.07, 6.45) is 1.40. The average molecular weight is 476 g/mol. The van der Waals surface area contributed by atoms with Gasteiger partial charge in [0.05, 0.1) is 13.2 Å². The predicted molar refractivity (Wildman–Crippen MR) is 139 cm³/mol. The quantitative estimate of drug-likeness (QED) is 0.420. The van der Waals surface area contributed by atoms with Crippen molar-refractivity contribution in [1.29, 1.82) is 0 Å². The first-order valence-corrected chi connectivity index (χ1v) is 12.6. The Hall–Kier alpha value is -2.64. The number of rotatable bonds is 5. The molecule has 0 radical (unpaired) electrons. The summed E-state index contributed by atoms with van der Waals surface area (Å²) in [4.78, 5) is 12.5. The number of benzene rings is 3. The van der Waals surface area contributed by atoms with Crippen molar-refractivity contribution in [3.8, 4) is 11.1 Å². The van der Waals surface area contributed by atoms with E-state index in [1.807, 2.05) is 11.9 Å². The van der Waals surface area contributed by atoms with Crippen LogP contribution in [0.15, 0.2) is 77.7 Å². The lowest BCUT2D eigenvalue weighted by atomic mass is 9.96. The Morgan fingerprint density at radius 1 is 0.882 bits per heavy atom. The van der Waals surface area contributed by atoms with E-state index in [2.05, 4.69) is 94.7 Å². The predicted octanol–water partition coefficient (Wildman–Crippen LogP) is 4.91. The summed E-state index contributed by atoms with van der Waals surface area (Å²) in [5.74, 6) is 0. The molecular formula is C28H33N3O2S. The second kappa shape index (κ2) is 12.2. The molecule has 0 bridgehead atoms. The summed E-state index contributed by atoms with van der Waals surface area (Å²) in [6, 6.07) is 27.4. The van der Waals surface area contributed by atoms with Gasteiger partial charge in [-0.15, -0.1) is 0 Å². The Morgan fingerprint density at radius 3 is 2.12 bits per heavy atom. The van der Waals surface area contributed by atoms with Crippen LogP contribution in [-0.2, 0) is 22.5 Å². The monoisotopic (exact) mass is 475 g/mol. The molecule has 1 fully saturated rings. The molecule has 1 amide bonds. The van der Waals surface area contributed by atoms with Crippen LogP contribution in [0.2, 0.25) is 0 Å². The second-order valence-electron chi connectivity index (χ2n) is 8.58. The lowest BCUT2D eigenvalue weighted by Gasteiger charge is -2.34. The van der Waals surface area contributed by atoms with Gasteiger partial charge >= 0.3 is 0 Å². The van der Waals surface area contributed by atoms with Crippen LogP contribution in [-0.4, -0.2) is 48.5 Å². The first-order chi connectivity index (χ1) is 16.7. The number of nitrogens with zero attached hydrogens (tertiary/aromatic N) is 2. The van der Waals surface area contributed by atoms with Gasteiger partial charge in [-0.05, 0) is 65.2 Å². The minimum atomic E-state index is 0.250. The van der Waals surface area contributed by atoms with E-state index in [4.69, 9.17) is 9.53 Å². The molecular weight excluding hydrogens is 442 g/mol. The van der Waals surface area contributed by atoms with Gasteiger partial charge in [0.2, 0.25) is 6.41 Å². The third kappa shape index (κ3) is 6.27. The number of hydrogen-bond donors (Lipinski definition) is 1. The Kier molecular flexibility index (Phi) is 8.77. The Labute approximate surface area is 207 Å². The summed E-state index contributed by atoms with van der Waals surface area (Å²) in [7, 11) is 0. The number of primary amides is 1. The van der Waals surface area contributed by atoms with E-state index in [1.54, 1.807) is 0 Å². The molecule has 0 spiro atoms. The number of morpholine rings is 1. The lowest BCUT2D eigenvalue weighted by Crippen LogP contribution is -2.32. The molecule has 34 heavy (non-hydrogen) atoms. The van der Waals surface area contributed by atoms with E-state index in [0.29, 0.717) is 6.04 Å². The van der Waals surface area contributed by atoms with E-state index < -0.39 is 0 Å². The maximum atomic E-state index is 8.58. The van der Waals surface area contributed by atoms with Crippen LogP contribution in [0.3, 0.4) is 0 Å². The van der Waals surface area contributed by atoms with Crippen molar-refractivity contribution in [3.63, 3.8) is 0 Å². The zero-order chi connectivity index (χ0) is 23.8. The molecule has 2 heterocycles. The van der Waals surface area contributed by atoms with Crippen LogP contribution < -0.4 is 5.73 Å². The van der Waals surface area contributed by atoms with Gasteiger partial charge in [-0.25, -0.2) is 4.31 Å². The normalized spacial score (nSPS) is 17.2. The molecule has 5 nitrogen and oxygen atoms in total. The minimum Gasteiger partial charge on any atom is -0.379 e. The summed E-state index contributed by atoms with van der Waals surface area (Å²) in [5.41, 5.74) is 11.1. The van der Waals surface area contributed by atoms with Crippen molar-refractivity contribution in [3.05, 3.63) is 89.5 Å². The first-order valence-electron chi connectivity index (χ1n) is 11.8. The van der Waals surface area contributed by atoms with Crippen LogP contribution in [0.4, 0.5) is 0 Å². The van der Waals surface area contributed by atoms with Gasteiger partial charge in [0.1, 0.15) is 0 Å². The summed E-state index contributed by atoms with van der Waals surface area (Å²) in [6.45, 7) is 8.16. The third-order valence-corrected chi connectivity index (χ3v) is 7.60. The van der Waals surface area contributed by atoms with Gasteiger partial charge in [-0.3, -0.25) is 9.69 Å². The van der Waals surface area contributed by atoms with Gasteiger partial charge in [0, 0.05) is 37.1 Å². The van der Waals surface area contributed by atoms with E-state index >= 15 is 0 Å². The third-order valence-electron chi connectivity index (χ3n) is 6.49. The maximum Gasteiger partial charge on any atom is 0.204 e. The highest BCUT2D eigenvalue weighted by Gasteiger charge is 2.21. The number of hydrogen-bond acceptors (Lipinski definition) is 5. The highest BCUT2D eigenvalue weighted by atomic mass is 32.2. The Bertz CT molecular complexity index is 1050. The minimum absolute atomic E-state index is 0.250. The summed E-state index contributed by atoms with van der Waals surface area (Å²) in [5, 5.41) is 0.